The summed E-state index contributed by atoms with van der Waals surface area (Å²) < 4.78 is 34.6. The molecule has 2 aromatic rings. The topological polar surface area (TPSA) is 65.3 Å². The normalized spacial score (nSPS) is 19.9. The standard InChI is InChI=1S/C38H50O6.C3H8/c1-8-30(26(5)28(7)39-19-33-20-40-33)18-38(9-2,10-3)32-16-31(27(6)37(17-32)44-24-35-22-42-35)14-13-29-12-11-25(4)36(15-29)43-23-34-21-41-34;1-3-2/h8,11-12,15-17,33-35H,1,7,9-10,13-14,18-24H2,2-6H3;3H2,1-2H3/b30-26+;. The van der Waals surface area contributed by atoms with Gasteiger partial charge in [-0.05, 0) is 109 Å². The number of hydrogen-bond acceptors (Lipinski definition) is 6. The number of benzene rings is 2. The molecule has 0 N–H and O–H groups in total. The number of rotatable bonds is 19. The van der Waals surface area contributed by atoms with Gasteiger partial charge < -0.3 is 28.4 Å². The largest absolute Gasteiger partial charge is 0.491 e. The molecule has 0 spiro atoms. The van der Waals surface area contributed by atoms with Gasteiger partial charge in [0.1, 0.15) is 55.4 Å². The SMILES string of the molecule is C=C/C(CC(CC)(CC)c1cc(CCc2ccc(C)c(OCC3CO3)c2)c(C)c(OCC2CO2)c1)=C(/C)C(=C)OCC1CO1.CCC. The molecular weight excluding hydrogens is 588 g/mol. The van der Waals surface area contributed by atoms with Crippen LogP contribution in [-0.4, -0.2) is 58.0 Å². The monoisotopic (exact) mass is 646 g/mol. The summed E-state index contributed by atoms with van der Waals surface area (Å²) in [6.45, 7) is 27.7. The molecule has 0 aromatic heterocycles. The Kier molecular flexibility index (Phi) is 13.6. The molecule has 47 heavy (non-hydrogen) atoms. The van der Waals surface area contributed by atoms with Crippen LogP contribution < -0.4 is 9.47 Å². The maximum absolute atomic E-state index is 6.42. The molecule has 0 bridgehead atoms. The van der Waals surface area contributed by atoms with Gasteiger partial charge in [-0.2, -0.15) is 0 Å². The number of aryl methyl sites for hydroxylation is 3. The minimum absolute atomic E-state index is 0.100. The molecule has 258 valence electrons. The maximum atomic E-state index is 6.42. The minimum atomic E-state index is -0.100. The highest BCUT2D eigenvalue weighted by Crippen LogP contribution is 2.42. The molecular formula is C41H58O6. The second-order valence-electron chi connectivity index (χ2n) is 13.3. The van der Waals surface area contributed by atoms with Crippen molar-refractivity contribution >= 4 is 0 Å². The highest BCUT2D eigenvalue weighted by molar-refractivity contribution is 5.48. The first-order chi connectivity index (χ1) is 22.7. The first-order valence-corrected chi connectivity index (χ1v) is 17.6. The van der Waals surface area contributed by atoms with Crippen LogP contribution in [0.4, 0.5) is 0 Å². The lowest BCUT2D eigenvalue weighted by molar-refractivity contribution is 0.190. The molecule has 0 amide bonds. The smallest absolute Gasteiger partial charge is 0.122 e. The second-order valence-corrected chi connectivity index (χ2v) is 13.3. The van der Waals surface area contributed by atoms with E-state index in [4.69, 9.17) is 28.4 Å². The summed E-state index contributed by atoms with van der Waals surface area (Å²) in [6.07, 6.45) is 8.47. The predicted octanol–water partition coefficient (Wildman–Crippen LogP) is 8.94. The van der Waals surface area contributed by atoms with Crippen molar-refractivity contribution in [1.29, 1.82) is 0 Å². The predicted molar refractivity (Wildman–Crippen MR) is 191 cm³/mol. The van der Waals surface area contributed by atoms with Crippen LogP contribution in [0.1, 0.15) is 88.1 Å². The first kappa shape index (κ1) is 36.8. The molecule has 0 saturated carbocycles. The fourth-order valence-corrected chi connectivity index (χ4v) is 5.77. The summed E-state index contributed by atoms with van der Waals surface area (Å²) in [7, 11) is 0. The van der Waals surface area contributed by atoms with E-state index in [1.165, 1.54) is 28.7 Å². The van der Waals surface area contributed by atoms with Gasteiger partial charge in [0.2, 0.25) is 0 Å². The van der Waals surface area contributed by atoms with Crippen LogP contribution in [0.25, 0.3) is 0 Å². The lowest BCUT2D eigenvalue weighted by atomic mass is 9.70. The van der Waals surface area contributed by atoms with Crippen LogP contribution in [0, 0.1) is 13.8 Å². The van der Waals surface area contributed by atoms with Crippen LogP contribution >= 0.6 is 0 Å². The average Bonchev–Trinajstić information content (AvgIpc) is 3.92. The molecule has 3 aliphatic rings. The lowest BCUT2D eigenvalue weighted by Gasteiger charge is -2.35. The second kappa shape index (κ2) is 17.4. The van der Waals surface area contributed by atoms with Crippen LogP contribution in [-0.2, 0) is 37.2 Å². The lowest BCUT2D eigenvalue weighted by Crippen LogP contribution is -2.26. The van der Waals surface area contributed by atoms with Gasteiger partial charge in [-0.3, -0.25) is 0 Å². The Labute approximate surface area is 284 Å². The summed E-state index contributed by atoms with van der Waals surface area (Å²) in [5.74, 6) is 2.59. The first-order valence-electron chi connectivity index (χ1n) is 17.6. The van der Waals surface area contributed by atoms with Crippen molar-refractivity contribution in [2.75, 3.05) is 39.6 Å². The number of allylic oxidation sites excluding steroid dienone is 3. The van der Waals surface area contributed by atoms with Crippen molar-refractivity contribution in [3.63, 3.8) is 0 Å². The summed E-state index contributed by atoms with van der Waals surface area (Å²) in [5, 5.41) is 0. The molecule has 0 radical (unpaired) electrons. The summed E-state index contributed by atoms with van der Waals surface area (Å²) in [4.78, 5) is 0. The highest BCUT2D eigenvalue weighted by Gasteiger charge is 2.32. The number of ether oxygens (including phenoxy) is 6. The van der Waals surface area contributed by atoms with Crippen LogP contribution in [0.5, 0.6) is 11.5 Å². The molecule has 6 heteroatoms. The van der Waals surface area contributed by atoms with Gasteiger partial charge in [0.15, 0.2) is 0 Å². The number of hydrogen-bond donors (Lipinski definition) is 0. The Morgan fingerprint density at radius 3 is 1.98 bits per heavy atom. The van der Waals surface area contributed by atoms with E-state index in [1.54, 1.807) is 0 Å². The fourth-order valence-electron chi connectivity index (χ4n) is 5.77. The Balaban J connectivity index is 0.00000160. The van der Waals surface area contributed by atoms with Gasteiger partial charge in [0, 0.05) is 0 Å². The van der Waals surface area contributed by atoms with Crippen molar-refractivity contribution in [2.45, 2.75) is 111 Å². The van der Waals surface area contributed by atoms with Crippen molar-refractivity contribution in [1.82, 2.24) is 0 Å². The van der Waals surface area contributed by atoms with Gasteiger partial charge in [-0.25, -0.2) is 0 Å². The van der Waals surface area contributed by atoms with Crippen LogP contribution in [0.2, 0.25) is 0 Å². The fraction of sp³-hybridized carbons (Fsp3) is 0.561. The maximum Gasteiger partial charge on any atom is 0.122 e. The molecule has 0 aliphatic carbocycles. The van der Waals surface area contributed by atoms with Crippen LogP contribution in [0.3, 0.4) is 0 Å². The zero-order chi connectivity index (χ0) is 34.0. The molecule has 5 rings (SSSR count). The van der Waals surface area contributed by atoms with Gasteiger partial charge in [-0.1, -0.05) is 71.5 Å². The van der Waals surface area contributed by atoms with Gasteiger partial charge >= 0.3 is 0 Å². The average molecular weight is 647 g/mol. The molecule has 2 aromatic carbocycles. The summed E-state index contributed by atoms with van der Waals surface area (Å²) >= 11 is 0. The van der Waals surface area contributed by atoms with E-state index in [1.807, 2.05) is 6.08 Å². The Morgan fingerprint density at radius 1 is 0.851 bits per heavy atom. The third-order valence-electron chi connectivity index (χ3n) is 9.54. The minimum Gasteiger partial charge on any atom is -0.491 e. The molecule has 3 atom stereocenters. The molecule has 3 saturated heterocycles. The van der Waals surface area contributed by atoms with E-state index in [0.717, 1.165) is 80.1 Å². The summed E-state index contributed by atoms with van der Waals surface area (Å²) in [6, 6.07) is 11.3. The Hall–Kier alpha value is -3.06. The van der Waals surface area contributed by atoms with Crippen molar-refractivity contribution in [2.24, 2.45) is 0 Å². The molecule has 3 heterocycles. The van der Waals surface area contributed by atoms with E-state index in [-0.39, 0.29) is 23.7 Å². The van der Waals surface area contributed by atoms with Gasteiger partial charge in [-0.15, -0.1) is 0 Å². The quantitative estimate of drug-likeness (QED) is 0.0863. The molecule has 3 aliphatic heterocycles. The van der Waals surface area contributed by atoms with Crippen molar-refractivity contribution in [3.05, 3.63) is 94.3 Å². The Bertz CT molecular complexity index is 1370. The van der Waals surface area contributed by atoms with Gasteiger partial charge in [0.05, 0.1) is 19.8 Å². The zero-order valence-electron chi connectivity index (χ0n) is 30.0. The van der Waals surface area contributed by atoms with E-state index >= 15 is 0 Å². The third kappa shape index (κ3) is 10.7. The molecule has 3 unspecified atom stereocenters. The molecule has 6 nitrogen and oxygen atoms in total. The Morgan fingerprint density at radius 2 is 1.43 bits per heavy atom. The molecule has 3 fully saturated rings. The summed E-state index contributed by atoms with van der Waals surface area (Å²) in [5.41, 5.74) is 8.34. The van der Waals surface area contributed by atoms with E-state index < -0.39 is 0 Å². The zero-order valence-corrected chi connectivity index (χ0v) is 30.0. The van der Waals surface area contributed by atoms with Gasteiger partial charge in [0.25, 0.3) is 0 Å². The number of epoxide rings is 3. The van der Waals surface area contributed by atoms with E-state index in [0.29, 0.717) is 25.6 Å². The van der Waals surface area contributed by atoms with E-state index in [9.17, 15) is 0 Å². The van der Waals surface area contributed by atoms with E-state index in [2.05, 4.69) is 92.0 Å². The highest BCUT2D eigenvalue weighted by atomic mass is 16.6. The van der Waals surface area contributed by atoms with Crippen LogP contribution in [0.15, 0.2) is 66.5 Å². The third-order valence-corrected chi connectivity index (χ3v) is 9.54. The van der Waals surface area contributed by atoms with Crippen molar-refractivity contribution in [3.8, 4) is 11.5 Å². The van der Waals surface area contributed by atoms with Crippen molar-refractivity contribution < 1.29 is 28.4 Å².